The maximum Gasteiger partial charge on any atom is 0.188 e. The lowest BCUT2D eigenvalue weighted by Gasteiger charge is -2.08. The number of nitrogens with zero attached hydrogens (tertiary/aromatic N) is 3. The van der Waals surface area contributed by atoms with Crippen molar-refractivity contribution in [2.75, 3.05) is 13.4 Å². The van der Waals surface area contributed by atoms with Gasteiger partial charge in [-0.05, 0) is 31.7 Å². The maximum absolute atomic E-state index is 5.80. The van der Waals surface area contributed by atoms with Crippen molar-refractivity contribution in [1.29, 1.82) is 0 Å². The zero-order valence-electron chi connectivity index (χ0n) is 13.6. The number of hydrogen-bond acceptors (Lipinski definition) is 5. The van der Waals surface area contributed by atoms with E-state index < -0.39 is 0 Å². The second-order valence-corrected chi connectivity index (χ2v) is 6.11. The molecule has 1 unspecified atom stereocenters. The minimum atomic E-state index is 0.319. The lowest BCUT2D eigenvalue weighted by atomic mass is 10.3. The summed E-state index contributed by atoms with van der Waals surface area (Å²) >= 11 is 1.77. The van der Waals surface area contributed by atoms with Gasteiger partial charge in [-0.15, -0.1) is 0 Å². The molecule has 5 nitrogen and oxygen atoms in total. The van der Waals surface area contributed by atoms with Gasteiger partial charge in [-0.1, -0.05) is 19.1 Å². The van der Waals surface area contributed by atoms with Gasteiger partial charge >= 0.3 is 0 Å². The summed E-state index contributed by atoms with van der Waals surface area (Å²) in [6, 6.07) is 7.59. The molecule has 0 radical (unpaired) electrons. The number of thioether (sulfide) groups is 1. The molecule has 22 heavy (non-hydrogen) atoms. The molecule has 0 N–H and O–H groups in total. The Morgan fingerprint density at radius 1 is 1.27 bits per heavy atom. The molecule has 0 spiro atoms. The van der Waals surface area contributed by atoms with Crippen molar-refractivity contribution in [2.45, 2.75) is 38.7 Å². The van der Waals surface area contributed by atoms with Crippen LogP contribution in [0.4, 0.5) is 0 Å². The normalized spacial score (nSPS) is 12.2. The maximum atomic E-state index is 5.80. The van der Waals surface area contributed by atoms with Gasteiger partial charge in [-0.2, -0.15) is 16.9 Å². The molecule has 0 saturated carbocycles. The Morgan fingerprint density at radius 2 is 2.00 bits per heavy atom. The number of ether oxygens (including phenoxy) is 2. The summed E-state index contributed by atoms with van der Waals surface area (Å²) in [5, 5.41) is 4.88. The first-order valence-corrected chi connectivity index (χ1v) is 8.70. The largest absolute Gasteiger partial charge is 0.493 e. The highest BCUT2D eigenvalue weighted by molar-refractivity contribution is 7.98. The van der Waals surface area contributed by atoms with Gasteiger partial charge in [0.15, 0.2) is 17.3 Å². The van der Waals surface area contributed by atoms with E-state index in [1.54, 1.807) is 18.9 Å². The molecule has 0 aliphatic carbocycles. The third kappa shape index (κ3) is 3.94. The molecule has 1 aromatic carbocycles. The average molecular weight is 321 g/mol. The van der Waals surface area contributed by atoms with E-state index in [9.17, 15) is 0 Å². The van der Waals surface area contributed by atoms with Gasteiger partial charge in [-0.25, -0.2) is 9.67 Å². The molecule has 120 valence electrons. The summed E-state index contributed by atoms with van der Waals surface area (Å²) in [4.78, 5) is 4.64. The Morgan fingerprint density at radius 3 is 2.64 bits per heavy atom. The van der Waals surface area contributed by atoms with Gasteiger partial charge in [0, 0.05) is 6.54 Å². The van der Waals surface area contributed by atoms with Crippen molar-refractivity contribution in [1.82, 2.24) is 14.8 Å². The quantitative estimate of drug-likeness (QED) is 0.742. The fourth-order valence-corrected chi connectivity index (χ4v) is 2.51. The van der Waals surface area contributed by atoms with E-state index in [0.29, 0.717) is 29.2 Å². The number of aromatic nitrogens is 3. The molecule has 1 atom stereocenters. The van der Waals surface area contributed by atoms with Crippen LogP contribution in [-0.4, -0.2) is 28.1 Å². The molecule has 0 saturated heterocycles. The van der Waals surface area contributed by atoms with Crippen molar-refractivity contribution >= 4 is 11.8 Å². The number of para-hydroxylation sites is 2. The molecular weight excluding hydrogens is 298 g/mol. The molecule has 1 heterocycles. The fourth-order valence-electron chi connectivity index (χ4n) is 2.13. The van der Waals surface area contributed by atoms with Gasteiger partial charge in [0.2, 0.25) is 0 Å². The zero-order valence-corrected chi connectivity index (χ0v) is 14.4. The number of methoxy groups -OCH3 is 1. The molecule has 2 rings (SSSR count). The lowest BCUT2D eigenvalue weighted by molar-refractivity contribution is 0.275. The first-order valence-electron chi connectivity index (χ1n) is 7.41. The number of rotatable bonds is 8. The molecule has 6 heteroatoms. The Kier molecular flexibility index (Phi) is 6.12. The number of hydrogen-bond donors (Lipinski definition) is 0. The standard InChI is InChI=1S/C16H23N3O2S/c1-5-10-19-16(12(2)22-4)17-15(18-19)11-21-14-9-7-6-8-13(14)20-3/h6-9,12H,5,10-11H2,1-4H3. The van der Waals surface area contributed by atoms with Crippen LogP contribution in [0, 0.1) is 0 Å². The fraction of sp³-hybridized carbons (Fsp3) is 0.500. The predicted octanol–water partition coefficient (Wildman–Crippen LogP) is 3.70. The van der Waals surface area contributed by atoms with Gasteiger partial charge in [-0.3, -0.25) is 0 Å². The smallest absolute Gasteiger partial charge is 0.188 e. The molecule has 0 bridgehead atoms. The first kappa shape index (κ1) is 16.7. The minimum Gasteiger partial charge on any atom is -0.493 e. The molecular formula is C16H23N3O2S. The highest BCUT2D eigenvalue weighted by Crippen LogP contribution is 2.27. The van der Waals surface area contributed by atoms with E-state index >= 15 is 0 Å². The third-order valence-electron chi connectivity index (χ3n) is 3.32. The summed E-state index contributed by atoms with van der Waals surface area (Å²) in [6.45, 7) is 5.50. The van der Waals surface area contributed by atoms with Crippen LogP contribution < -0.4 is 9.47 Å². The van der Waals surface area contributed by atoms with Crippen LogP contribution in [0.15, 0.2) is 24.3 Å². The first-order chi connectivity index (χ1) is 10.7. The SMILES string of the molecule is CCCn1nc(COc2ccccc2OC)nc1C(C)SC. The number of aryl methyl sites for hydroxylation is 1. The van der Waals surface area contributed by atoms with Crippen molar-refractivity contribution in [3.63, 3.8) is 0 Å². The summed E-state index contributed by atoms with van der Waals surface area (Å²) in [5.41, 5.74) is 0. The third-order valence-corrected chi connectivity index (χ3v) is 4.24. The van der Waals surface area contributed by atoms with E-state index in [4.69, 9.17) is 9.47 Å². The van der Waals surface area contributed by atoms with Crippen LogP contribution >= 0.6 is 11.8 Å². The van der Waals surface area contributed by atoms with Gasteiger partial charge in [0.05, 0.1) is 12.4 Å². The summed E-state index contributed by atoms with van der Waals surface area (Å²) in [6.07, 6.45) is 3.12. The number of benzene rings is 1. The summed E-state index contributed by atoms with van der Waals surface area (Å²) in [7, 11) is 1.63. The molecule has 2 aromatic rings. The zero-order chi connectivity index (χ0) is 15.9. The minimum absolute atomic E-state index is 0.319. The van der Waals surface area contributed by atoms with Crippen LogP contribution in [0.3, 0.4) is 0 Å². The van der Waals surface area contributed by atoms with Crippen molar-refractivity contribution in [3.05, 3.63) is 35.9 Å². The van der Waals surface area contributed by atoms with Crippen LogP contribution in [0.1, 0.15) is 37.2 Å². The topological polar surface area (TPSA) is 49.2 Å². The van der Waals surface area contributed by atoms with Crippen molar-refractivity contribution in [3.8, 4) is 11.5 Å². The monoisotopic (exact) mass is 321 g/mol. The van der Waals surface area contributed by atoms with E-state index in [1.165, 1.54) is 0 Å². The molecule has 0 aliphatic heterocycles. The van der Waals surface area contributed by atoms with Crippen LogP contribution in [0.5, 0.6) is 11.5 Å². The highest BCUT2D eigenvalue weighted by atomic mass is 32.2. The van der Waals surface area contributed by atoms with Crippen LogP contribution in [-0.2, 0) is 13.2 Å². The molecule has 1 aromatic heterocycles. The van der Waals surface area contributed by atoms with Gasteiger partial charge in [0.1, 0.15) is 12.4 Å². The van der Waals surface area contributed by atoms with E-state index in [-0.39, 0.29) is 0 Å². The average Bonchev–Trinajstić information content (AvgIpc) is 2.95. The van der Waals surface area contributed by atoms with Crippen molar-refractivity contribution in [2.24, 2.45) is 0 Å². The predicted molar refractivity (Wildman–Crippen MR) is 89.6 cm³/mol. The highest BCUT2D eigenvalue weighted by Gasteiger charge is 2.16. The summed E-state index contributed by atoms with van der Waals surface area (Å²) < 4.78 is 13.1. The van der Waals surface area contributed by atoms with E-state index in [2.05, 4.69) is 30.2 Å². The van der Waals surface area contributed by atoms with E-state index in [1.807, 2.05) is 28.9 Å². The Hall–Kier alpha value is -1.69. The van der Waals surface area contributed by atoms with E-state index in [0.717, 1.165) is 18.8 Å². The summed E-state index contributed by atoms with van der Waals surface area (Å²) in [5.74, 6) is 3.13. The second kappa shape index (κ2) is 8.08. The van der Waals surface area contributed by atoms with Crippen molar-refractivity contribution < 1.29 is 9.47 Å². The Labute approximate surface area is 136 Å². The molecule has 0 amide bonds. The lowest BCUT2D eigenvalue weighted by Crippen LogP contribution is -2.06. The van der Waals surface area contributed by atoms with Crippen LogP contribution in [0.2, 0.25) is 0 Å². The Balaban J connectivity index is 2.12. The molecule has 0 aliphatic rings. The van der Waals surface area contributed by atoms with Gasteiger partial charge < -0.3 is 9.47 Å². The second-order valence-electron chi connectivity index (χ2n) is 4.93. The molecule has 0 fully saturated rings. The van der Waals surface area contributed by atoms with Crippen LogP contribution in [0.25, 0.3) is 0 Å². The van der Waals surface area contributed by atoms with Gasteiger partial charge in [0.25, 0.3) is 0 Å². The Bertz CT molecular complexity index is 601.